The van der Waals surface area contributed by atoms with Crippen LogP contribution in [0.1, 0.15) is 55.4 Å². The van der Waals surface area contributed by atoms with E-state index in [4.69, 9.17) is 5.11 Å². The molecule has 0 spiro atoms. The lowest BCUT2D eigenvalue weighted by atomic mass is 9.87. The highest BCUT2D eigenvalue weighted by Crippen LogP contribution is 2.39. The van der Waals surface area contributed by atoms with Gasteiger partial charge in [-0.05, 0) is 55.7 Å². The topological polar surface area (TPSA) is 129 Å². The van der Waals surface area contributed by atoms with Crippen molar-refractivity contribution in [3.05, 3.63) is 47.9 Å². The summed E-state index contributed by atoms with van der Waals surface area (Å²) in [4.78, 5) is 21.3. The molecule has 1 aromatic carbocycles. The van der Waals surface area contributed by atoms with E-state index in [1.165, 1.54) is 24.5 Å². The summed E-state index contributed by atoms with van der Waals surface area (Å²) in [6.07, 6.45) is -0.343. The van der Waals surface area contributed by atoms with Crippen LogP contribution in [-0.4, -0.2) is 58.7 Å². The van der Waals surface area contributed by atoms with E-state index in [1.54, 1.807) is 12.1 Å². The molecule has 2 saturated carbocycles. The number of sulfone groups is 1. The van der Waals surface area contributed by atoms with Gasteiger partial charge in [0.25, 0.3) is 0 Å². The molecule has 0 saturated heterocycles. The third kappa shape index (κ3) is 5.42. The second-order valence-corrected chi connectivity index (χ2v) is 11.2. The third-order valence-electron chi connectivity index (χ3n) is 6.41. The molecular formula is C23H27F2N3O5S. The van der Waals surface area contributed by atoms with Gasteiger partial charge in [0.1, 0.15) is 18.4 Å². The Morgan fingerprint density at radius 1 is 1.09 bits per heavy atom. The average molecular weight is 496 g/mol. The maximum Gasteiger partial charge on any atom is 0.233 e. The lowest BCUT2D eigenvalue weighted by Crippen LogP contribution is -2.24. The van der Waals surface area contributed by atoms with Gasteiger partial charge in [-0.2, -0.15) is 0 Å². The van der Waals surface area contributed by atoms with Gasteiger partial charge in [0, 0.05) is 0 Å². The van der Waals surface area contributed by atoms with E-state index >= 15 is 0 Å². The van der Waals surface area contributed by atoms with Gasteiger partial charge in [-0.25, -0.2) is 22.2 Å². The molecule has 2 aliphatic carbocycles. The Morgan fingerprint density at radius 3 is 2.26 bits per heavy atom. The molecule has 2 aliphatic rings. The van der Waals surface area contributed by atoms with E-state index in [-0.39, 0.29) is 46.8 Å². The smallest absolute Gasteiger partial charge is 0.233 e. The van der Waals surface area contributed by atoms with Crippen molar-refractivity contribution >= 4 is 21.6 Å². The predicted molar refractivity (Wildman–Crippen MR) is 119 cm³/mol. The van der Waals surface area contributed by atoms with Crippen LogP contribution in [0.2, 0.25) is 0 Å². The second-order valence-electron chi connectivity index (χ2n) is 8.99. The van der Waals surface area contributed by atoms with Crippen LogP contribution >= 0.6 is 0 Å². The molecule has 1 heterocycles. The molecule has 8 nitrogen and oxygen atoms in total. The van der Waals surface area contributed by atoms with E-state index in [2.05, 4.69) is 15.3 Å². The predicted octanol–water partition coefficient (Wildman–Crippen LogP) is 2.64. The average Bonchev–Trinajstić information content (AvgIpc) is 3.64. The number of carbonyl (C=O) groups is 1. The summed E-state index contributed by atoms with van der Waals surface area (Å²) in [6.45, 7) is -0.526. The van der Waals surface area contributed by atoms with Crippen molar-refractivity contribution in [2.24, 2.45) is 5.92 Å². The Labute approximate surface area is 196 Å². The molecule has 11 heteroatoms. The monoisotopic (exact) mass is 495 g/mol. The van der Waals surface area contributed by atoms with Gasteiger partial charge >= 0.3 is 0 Å². The first-order valence-corrected chi connectivity index (χ1v) is 12.8. The molecule has 0 bridgehead atoms. The van der Waals surface area contributed by atoms with Gasteiger partial charge in [-0.1, -0.05) is 12.1 Å². The number of hydrogen-bond donors (Lipinski definition) is 3. The maximum absolute atomic E-state index is 13.8. The number of nitrogens with zero attached hydrogens (tertiary/aromatic N) is 2. The van der Waals surface area contributed by atoms with Crippen LogP contribution in [0.4, 0.5) is 14.6 Å². The van der Waals surface area contributed by atoms with Crippen molar-refractivity contribution < 1.29 is 32.2 Å². The molecule has 3 N–H and O–H groups in total. The van der Waals surface area contributed by atoms with Crippen molar-refractivity contribution in [1.29, 1.82) is 0 Å². The van der Waals surface area contributed by atoms with Gasteiger partial charge in [0.05, 0.1) is 40.8 Å². The Balaban J connectivity index is 1.54. The van der Waals surface area contributed by atoms with Crippen LogP contribution in [-0.2, 0) is 14.6 Å². The summed E-state index contributed by atoms with van der Waals surface area (Å²) in [7, 11) is -3.38. The number of aromatic nitrogens is 2. The van der Waals surface area contributed by atoms with Crippen LogP contribution < -0.4 is 5.32 Å². The Kier molecular flexibility index (Phi) is 7.25. The summed E-state index contributed by atoms with van der Waals surface area (Å²) in [6, 6.07) is 6.08. The summed E-state index contributed by atoms with van der Waals surface area (Å²) in [5.41, 5.74) is 0.670. The Morgan fingerprint density at radius 2 is 1.74 bits per heavy atom. The van der Waals surface area contributed by atoms with Crippen LogP contribution in [0.3, 0.4) is 0 Å². The number of aliphatic hydroxyl groups is 2. The SMILES string of the molecule is O=C(Nc1cnc(C(O)CO)cn1)[C@H](CC1C[C@@H](F)[C@@H](F)C1)c1ccc(S(=O)(=O)C2CC2)cc1. The first kappa shape index (κ1) is 24.6. The molecule has 2 fully saturated rings. The normalized spacial score (nSPS) is 24.5. The fourth-order valence-electron chi connectivity index (χ4n) is 4.29. The van der Waals surface area contributed by atoms with E-state index in [0.717, 1.165) is 0 Å². The van der Waals surface area contributed by atoms with Crippen molar-refractivity contribution in [3.63, 3.8) is 0 Å². The molecule has 1 aromatic heterocycles. The van der Waals surface area contributed by atoms with Gasteiger partial charge in [-0.3, -0.25) is 9.78 Å². The number of benzene rings is 1. The highest BCUT2D eigenvalue weighted by atomic mass is 32.2. The molecular weight excluding hydrogens is 468 g/mol. The Bertz CT molecular complexity index is 1100. The van der Waals surface area contributed by atoms with Crippen LogP contribution in [0.15, 0.2) is 41.6 Å². The minimum Gasteiger partial charge on any atom is -0.393 e. The Hall–Kier alpha value is -2.50. The zero-order chi connectivity index (χ0) is 24.5. The lowest BCUT2D eigenvalue weighted by Gasteiger charge is -2.21. The molecule has 5 atom stereocenters. The van der Waals surface area contributed by atoms with Crippen molar-refractivity contribution in [3.8, 4) is 0 Å². The summed E-state index contributed by atoms with van der Waals surface area (Å²) in [5, 5.41) is 20.9. The third-order valence-corrected chi connectivity index (χ3v) is 8.68. The summed E-state index contributed by atoms with van der Waals surface area (Å²) >= 11 is 0. The number of nitrogens with one attached hydrogen (secondary N) is 1. The van der Waals surface area contributed by atoms with Gasteiger partial charge in [-0.15, -0.1) is 0 Å². The lowest BCUT2D eigenvalue weighted by molar-refractivity contribution is -0.118. The number of halogens is 2. The van der Waals surface area contributed by atoms with Crippen molar-refractivity contribution in [2.75, 3.05) is 11.9 Å². The number of anilines is 1. The molecule has 0 aliphatic heterocycles. The van der Waals surface area contributed by atoms with Crippen LogP contribution in [0, 0.1) is 5.92 Å². The van der Waals surface area contributed by atoms with Gasteiger partial charge < -0.3 is 15.5 Å². The molecule has 4 rings (SSSR count). The van der Waals surface area contributed by atoms with Gasteiger partial charge in [0.15, 0.2) is 15.7 Å². The van der Waals surface area contributed by atoms with Crippen LogP contribution in [0.5, 0.6) is 0 Å². The highest BCUT2D eigenvalue weighted by molar-refractivity contribution is 7.92. The van der Waals surface area contributed by atoms with E-state index < -0.39 is 46.7 Å². The van der Waals surface area contributed by atoms with Crippen molar-refractivity contribution in [2.45, 2.75) is 66.6 Å². The molecule has 184 valence electrons. The molecule has 1 amide bonds. The summed E-state index contributed by atoms with van der Waals surface area (Å²) < 4.78 is 52.5. The molecule has 34 heavy (non-hydrogen) atoms. The number of alkyl halides is 2. The van der Waals surface area contributed by atoms with E-state index in [9.17, 15) is 27.1 Å². The summed E-state index contributed by atoms with van der Waals surface area (Å²) in [5.74, 6) is -1.50. The molecule has 0 radical (unpaired) electrons. The van der Waals surface area contributed by atoms with Crippen LogP contribution in [0.25, 0.3) is 0 Å². The zero-order valence-electron chi connectivity index (χ0n) is 18.3. The molecule has 2 unspecified atom stereocenters. The first-order valence-electron chi connectivity index (χ1n) is 11.2. The molecule has 2 aromatic rings. The number of rotatable bonds is 9. The second kappa shape index (κ2) is 10.0. The van der Waals surface area contributed by atoms with Crippen molar-refractivity contribution in [1.82, 2.24) is 9.97 Å². The van der Waals surface area contributed by atoms with Gasteiger partial charge in [0.2, 0.25) is 5.91 Å². The minimum absolute atomic E-state index is 0.0205. The standard InChI is InChI=1S/C23H27F2N3O5S/c24-18-8-13(9-19(18)25)7-17(14-1-3-15(4-2-14)34(32,33)16-5-6-16)23(31)28-22-11-26-20(10-27-22)21(30)12-29/h1-4,10-11,13,16-19,21,29-30H,5-9,12H2,(H,27,28,31)/t13?,17-,18-,19+,21?/m1/s1. The zero-order valence-corrected chi connectivity index (χ0v) is 19.2. The number of amides is 1. The quantitative estimate of drug-likeness (QED) is 0.488. The minimum atomic E-state index is -3.38. The largest absolute Gasteiger partial charge is 0.393 e. The van der Waals surface area contributed by atoms with E-state index in [1.807, 2.05) is 0 Å². The number of aliphatic hydroxyl groups excluding tert-OH is 2. The maximum atomic E-state index is 13.8. The fraction of sp³-hybridized carbons (Fsp3) is 0.522. The first-order chi connectivity index (χ1) is 16.2. The fourth-order valence-corrected chi connectivity index (χ4v) is 5.95. The van der Waals surface area contributed by atoms with E-state index in [0.29, 0.717) is 18.4 Å². The number of hydrogen-bond acceptors (Lipinski definition) is 7. The number of carbonyl (C=O) groups excluding carboxylic acids is 1. The highest BCUT2D eigenvalue weighted by Gasteiger charge is 2.38.